The predicted octanol–water partition coefficient (Wildman–Crippen LogP) is 3.46. The molecule has 1 spiro atoms. The summed E-state index contributed by atoms with van der Waals surface area (Å²) in [4.78, 5) is 16.6. The van der Waals surface area contributed by atoms with E-state index in [9.17, 15) is 5.11 Å². The topological polar surface area (TPSA) is 52.5 Å². The first-order valence-electron chi connectivity index (χ1n) is 10.1. The average Bonchev–Trinajstić information content (AvgIpc) is 3.32. The van der Waals surface area contributed by atoms with Crippen LogP contribution in [0.25, 0.3) is 10.2 Å². The van der Waals surface area contributed by atoms with E-state index in [0.717, 1.165) is 55.4 Å². The highest BCUT2D eigenvalue weighted by Gasteiger charge is 2.47. The van der Waals surface area contributed by atoms with Crippen LogP contribution in [0.1, 0.15) is 29.3 Å². The minimum absolute atomic E-state index is 0.118. The van der Waals surface area contributed by atoms with Crippen LogP contribution in [-0.2, 0) is 19.6 Å². The molecule has 0 atom stereocenters. The van der Waals surface area contributed by atoms with Crippen LogP contribution in [0.3, 0.4) is 0 Å². The summed E-state index contributed by atoms with van der Waals surface area (Å²) < 4.78 is 0. The molecule has 146 valence electrons. The molecule has 3 aromatic rings. The van der Waals surface area contributed by atoms with Gasteiger partial charge >= 0.3 is 0 Å². The summed E-state index contributed by atoms with van der Waals surface area (Å²) in [6, 6.07) is 10.5. The fourth-order valence-electron chi connectivity index (χ4n) is 4.81. The summed E-state index contributed by atoms with van der Waals surface area (Å²) in [7, 11) is 0. The second kappa shape index (κ2) is 7.10. The van der Waals surface area contributed by atoms with Gasteiger partial charge in [-0.15, -0.1) is 11.3 Å². The minimum atomic E-state index is 0.118. The Kier molecular flexibility index (Phi) is 4.57. The number of hydrogen-bond acceptors (Lipinski definition) is 6. The minimum Gasteiger partial charge on any atom is -0.392 e. The zero-order chi connectivity index (χ0) is 19.1. The maximum atomic E-state index is 9.56. The van der Waals surface area contributed by atoms with E-state index < -0.39 is 0 Å². The van der Waals surface area contributed by atoms with Crippen LogP contribution in [-0.4, -0.2) is 46.2 Å². The third-order valence-electron chi connectivity index (χ3n) is 6.25. The Labute approximate surface area is 169 Å². The second-order valence-corrected chi connectivity index (χ2v) is 9.34. The van der Waals surface area contributed by atoms with Gasteiger partial charge < -0.3 is 10.0 Å². The Bertz CT molecular complexity index is 995. The first-order chi connectivity index (χ1) is 13.7. The van der Waals surface area contributed by atoms with E-state index in [4.69, 9.17) is 0 Å². The molecule has 2 saturated heterocycles. The van der Waals surface area contributed by atoms with Gasteiger partial charge in [0.25, 0.3) is 0 Å². The number of hydrogen-bond donors (Lipinski definition) is 1. The van der Waals surface area contributed by atoms with Gasteiger partial charge in [-0.25, -0.2) is 9.97 Å². The average molecular weight is 395 g/mol. The summed E-state index contributed by atoms with van der Waals surface area (Å²) in [6.45, 7) is 7.65. The summed E-state index contributed by atoms with van der Waals surface area (Å²) in [5.41, 5.74) is 2.68. The first-order valence-corrected chi connectivity index (χ1v) is 10.9. The number of nitrogens with zero attached hydrogens (tertiary/aromatic N) is 4. The third kappa shape index (κ3) is 3.09. The van der Waals surface area contributed by atoms with Crippen LogP contribution in [0.2, 0.25) is 0 Å². The molecule has 2 aliphatic rings. The molecule has 5 rings (SSSR count). The molecule has 0 aliphatic carbocycles. The summed E-state index contributed by atoms with van der Waals surface area (Å²) >= 11 is 1.79. The number of aliphatic hydroxyl groups is 1. The van der Waals surface area contributed by atoms with Crippen LogP contribution in [0.15, 0.2) is 36.7 Å². The van der Waals surface area contributed by atoms with Gasteiger partial charge in [-0.05, 0) is 30.0 Å². The molecule has 0 bridgehead atoms. The van der Waals surface area contributed by atoms with Gasteiger partial charge in [-0.3, -0.25) is 4.90 Å². The fourth-order valence-corrected chi connectivity index (χ4v) is 5.74. The van der Waals surface area contributed by atoms with Crippen molar-refractivity contribution in [2.75, 3.05) is 31.1 Å². The number of aromatic nitrogens is 2. The van der Waals surface area contributed by atoms with E-state index in [1.807, 2.05) is 12.1 Å². The number of fused-ring (bicyclic) bond motifs is 1. The molecule has 2 aromatic heterocycles. The Balaban J connectivity index is 1.28. The van der Waals surface area contributed by atoms with E-state index in [0.29, 0.717) is 5.41 Å². The van der Waals surface area contributed by atoms with Gasteiger partial charge in [0, 0.05) is 43.0 Å². The lowest BCUT2D eigenvalue weighted by Crippen LogP contribution is -2.57. The molecule has 0 radical (unpaired) electrons. The third-order valence-corrected chi connectivity index (χ3v) is 7.43. The lowest BCUT2D eigenvalue weighted by atomic mass is 9.79. The molecule has 6 heteroatoms. The van der Waals surface area contributed by atoms with Crippen LogP contribution < -0.4 is 4.90 Å². The Hall–Kier alpha value is -2.02. The van der Waals surface area contributed by atoms with Crippen molar-refractivity contribution in [2.24, 2.45) is 5.41 Å². The molecular formula is C22H26N4OS. The van der Waals surface area contributed by atoms with Crippen molar-refractivity contribution in [2.45, 2.75) is 32.9 Å². The van der Waals surface area contributed by atoms with E-state index >= 15 is 0 Å². The van der Waals surface area contributed by atoms with Crippen molar-refractivity contribution >= 4 is 27.4 Å². The molecule has 0 saturated carbocycles. The summed E-state index contributed by atoms with van der Waals surface area (Å²) in [5, 5.41) is 10.8. The number of likely N-dealkylation sites (tertiary alicyclic amines) is 1. The second-order valence-electron chi connectivity index (χ2n) is 8.23. The zero-order valence-corrected chi connectivity index (χ0v) is 17.1. The predicted molar refractivity (Wildman–Crippen MR) is 114 cm³/mol. The lowest BCUT2D eigenvalue weighted by Gasteiger charge is -2.48. The van der Waals surface area contributed by atoms with Crippen molar-refractivity contribution in [3.63, 3.8) is 0 Å². The molecular weight excluding hydrogens is 368 g/mol. The number of anilines is 1. The van der Waals surface area contributed by atoms with Crippen molar-refractivity contribution in [1.82, 2.24) is 14.9 Å². The van der Waals surface area contributed by atoms with Crippen molar-refractivity contribution in [3.8, 4) is 0 Å². The number of aryl methyl sites for hydroxylation is 1. The Morgan fingerprint density at radius 2 is 1.96 bits per heavy atom. The lowest BCUT2D eigenvalue weighted by molar-refractivity contribution is 0.0113. The highest BCUT2D eigenvalue weighted by molar-refractivity contribution is 7.18. The van der Waals surface area contributed by atoms with E-state index in [1.165, 1.54) is 22.2 Å². The van der Waals surface area contributed by atoms with Gasteiger partial charge in [0.15, 0.2) is 0 Å². The fraction of sp³-hybridized carbons (Fsp3) is 0.455. The van der Waals surface area contributed by atoms with E-state index in [-0.39, 0.29) is 6.61 Å². The molecule has 1 N–H and O–H groups in total. The van der Waals surface area contributed by atoms with Crippen LogP contribution in [0, 0.1) is 5.41 Å². The van der Waals surface area contributed by atoms with E-state index in [1.54, 1.807) is 17.7 Å². The zero-order valence-electron chi connectivity index (χ0n) is 16.3. The largest absolute Gasteiger partial charge is 0.392 e. The number of rotatable bonds is 5. The molecule has 0 amide bonds. The monoisotopic (exact) mass is 394 g/mol. The molecule has 28 heavy (non-hydrogen) atoms. The van der Waals surface area contributed by atoms with Gasteiger partial charge in [0.05, 0.1) is 12.0 Å². The standard InChI is InChI=1S/C22H26N4OS/c1-2-18-9-19-20(23-15-24-21(19)28-18)26-8-7-22(14-26)12-25(13-22)10-16-5-3-4-6-17(16)11-27/h3-6,9,15,27H,2,7-8,10-14H2,1H3. The normalized spacial score (nSPS) is 18.9. The number of aliphatic hydroxyl groups excluding tert-OH is 1. The van der Waals surface area contributed by atoms with Crippen molar-refractivity contribution in [1.29, 1.82) is 0 Å². The molecule has 4 heterocycles. The number of thiophene rings is 1. The van der Waals surface area contributed by atoms with Gasteiger partial charge in [0.1, 0.15) is 17.0 Å². The van der Waals surface area contributed by atoms with Crippen LogP contribution in [0.4, 0.5) is 5.82 Å². The summed E-state index contributed by atoms with van der Waals surface area (Å²) in [5.74, 6) is 1.11. The maximum absolute atomic E-state index is 9.56. The smallest absolute Gasteiger partial charge is 0.140 e. The first kappa shape index (κ1) is 18.0. The molecule has 2 fully saturated rings. The molecule has 5 nitrogen and oxygen atoms in total. The van der Waals surface area contributed by atoms with Gasteiger partial charge in [0.2, 0.25) is 0 Å². The highest BCUT2D eigenvalue weighted by atomic mass is 32.1. The summed E-state index contributed by atoms with van der Waals surface area (Å²) in [6.07, 6.45) is 3.99. The molecule has 2 aliphatic heterocycles. The Morgan fingerprint density at radius 1 is 1.14 bits per heavy atom. The van der Waals surface area contributed by atoms with Crippen molar-refractivity contribution in [3.05, 3.63) is 52.7 Å². The Morgan fingerprint density at radius 3 is 2.75 bits per heavy atom. The highest BCUT2D eigenvalue weighted by Crippen LogP contribution is 2.43. The van der Waals surface area contributed by atoms with Crippen molar-refractivity contribution < 1.29 is 5.11 Å². The molecule has 0 unspecified atom stereocenters. The number of benzene rings is 1. The van der Waals surface area contributed by atoms with Gasteiger partial charge in [-0.2, -0.15) is 0 Å². The quantitative estimate of drug-likeness (QED) is 0.718. The van der Waals surface area contributed by atoms with Crippen LogP contribution >= 0.6 is 11.3 Å². The van der Waals surface area contributed by atoms with Gasteiger partial charge in [-0.1, -0.05) is 31.2 Å². The van der Waals surface area contributed by atoms with Crippen LogP contribution in [0.5, 0.6) is 0 Å². The maximum Gasteiger partial charge on any atom is 0.140 e. The van der Waals surface area contributed by atoms with E-state index in [2.05, 4.69) is 44.9 Å². The molecule has 1 aromatic carbocycles. The SMILES string of the molecule is CCc1cc2c(N3CCC4(CN(Cc5ccccc5CO)C4)C3)ncnc2s1.